The number of aromatic nitrogens is 3. The quantitative estimate of drug-likeness (QED) is 0.494. The van der Waals surface area contributed by atoms with Crippen molar-refractivity contribution in [1.82, 2.24) is 14.8 Å². The van der Waals surface area contributed by atoms with Crippen molar-refractivity contribution in [3.63, 3.8) is 0 Å². The molecular formula is C23H20N4OS. The summed E-state index contributed by atoms with van der Waals surface area (Å²) in [6, 6.07) is 21.5. The number of hydrogen-bond donors (Lipinski definition) is 1. The molecule has 2 aromatic carbocycles. The minimum Gasteiger partial charge on any atom is -0.281 e. The normalized spacial score (nSPS) is 11.6. The van der Waals surface area contributed by atoms with Gasteiger partial charge in [0.1, 0.15) is 0 Å². The van der Waals surface area contributed by atoms with Gasteiger partial charge in [0.15, 0.2) is 10.6 Å². The van der Waals surface area contributed by atoms with Crippen molar-refractivity contribution in [2.45, 2.75) is 13.5 Å². The summed E-state index contributed by atoms with van der Waals surface area (Å²) in [5.41, 5.74) is 3.34. The average molecular weight is 401 g/mol. The third kappa shape index (κ3) is 3.88. The Morgan fingerprint density at radius 2 is 1.76 bits per heavy atom. The number of H-pyrrole nitrogens is 1. The lowest BCUT2D eigenvalue weighted by Gasteiger charge is -2.12. The van der Waals surface area contributed by atoms with Gasteiger partial charge in [-0.3, -0.25) is 14.5 Å². The van der Waals surface area contributed by atoms with E-state index in [1.165, 1.54) is 11.3 Å². The molecule has 0 saturated heterocycles. The first-order chi connectivity index (χ1) is 14.2. The third-order valence-electron chi connectivity index (χ3n) is 4.42. The van der Waals surface area contributed by atoms with Crippen LogP contribution in [0.4, 0.5) is 5.82 Å². The van der Waals surface area contributed by atoms with Crippen molar-refractivity contribution in [2.75, 3.05) is 0 Å². The van der Waals surface area contributed by atoms with Crippen LogP contribution in [0.25, 0.3) is 21.6 Å². The van der Waals surface area contributed by atoms with Crippen LogP contribution < -0.4 is 10.4 Å². The first-order valence-corrected chi connectivity index (χ1v) is 10.1. The summed E-state index contributed by atoms with van der Waals surface area (Å²) < 4.78 is 1.65. The van der Waals surface area contributed by atoms with Crippen LogP contribution in [0, 0.1) is 6.92 Å². The number of aryl methyl sites for hydroxylation is 1. The molecule has 29 heavy (non-hydrogen) atoms. The minimum atomic E-state index is -0.0975. The molecule has 4 rings (SSSR count). The Balaban J connectivity index is 2.09. The largest absolute Gasteiger partial charge is 0.281 e. The van der Waals surface area contributed by atoms with E-state index in [1.54, 1.807) is 10.6 Å². The van der Waals surface area contributed by atoms with Crippen molar-refractivity contribution in [1.29, 1.82) is 0 Å². The molecule has 0 aliphatic heterocycles. The zero-order chi connectivity index (χ0) is 20.2. The van der Waals surface area contributed by atoms with Crippen LogP contribution in [-0.2, 0) is 6.54 Å². The lowest BCUT2D eigenvalue weighted by atomic mass is 10.0. The first kappa shape index (κ1) is 18.8. The Labute approximate surface area is 172 Å². The Bertz CT molecular complexity index is 1270. The zero-order valence-electron chi connectivity index (χ0n) is 16.0. The van der Waals surface area contributed by atoms with E-state index < -0.39 is 0 Å². The molecule has 144 valence electrons. The molecule has 0 bridgehead atoms. The van der Waals surface area contributed by atoms with Gasteiger partial charge in [-0.05, 0) is 18.1 Å². The molecule has 0 fully saturated rings. The van der Waals surface area contributed by atoms with Crippen LogP contribution in [0.5, 0.6) is 0 Å². The summed E-state index contributed by atoms with van der Waals surface area (Å²) in [6.45, 7) is 6.10. The van der Waals surface area contributed by atoms with E-state index in [0.717, 1.165) is 21.7 Å². The highest BCUT2D eigenvalue weighted by molar-refractivity contribution is 7.13. The Morgan fingerprint density at radius 3 is 2.34 bits per heavy atom. The van der Waals surface area contributed by atoms with Gasteiger partial charge in [-0.25, -0.2) is 0 Å². The summed E-state index contributed by atoms with van der Waals surface area (Å²) in [5.74, 6) is 0.544. The average Bonchev–Trinajstić information content (AvgIpc) is 3.16. The van der Waals surface area contributed by atoms with Gasteiger partial charge in [0.2, 0.25) is 0 Å². The Morgan fingerprint density at radius 1 is 1.10 bits per heavy atom. The molecule has 2 aromatic heterocycles. The molecule has 5 nitrogen and oxygen atoms in total. The molecule has 0 amide bonds. The van der Waals surface area contributed by atoms with Crippen LogP contribution in [0.15, 0.2) is 89.2 Å². The summed E-state index contributed by atoms with van der Waals surface area (Å²) in [6.07, 6.45) is 1.71. The molecule has 1 N–H and O–H groups in total. The smallest absolute Gasteiger partial charge is 0.262 e. The van der Waals surface area contributed by atoms with E-state index in [4.69, 9.17) is 0 Å². The topological polar surface area (TPSA) is 63.0 Å². The first-order valence-electron chi connectivity index (χ1n) is 9.24. The lowest BCUT2D eigenvalue weighted by molar-refractivity contribution is 0.752. The maximum Gasteiger partial charge on any atom is 0.262 e. The number of rotatable bonds is 5. The maximum atomic E-state index is 13.6. The number of nitrogens with one attached hydrogen (secondary N) is 1. The van der Waals surface area contributed by atoms with Gasteiger partial charge in [-0.1, -0.05) is 78.1 Å². The summed E-state index contributed by atoms with van der Waals surface area (Å²) in [5, 5.41) is 7.09. The van der Waals surface area contributed by atoms with Crippen LogP contribution in [-0.4, -0.2) is 14.8 Å². The second-order valence-corrected chi connectivity index (χ2v) is 7.52. The molecule has 0 aliphatic carbocycles. The highest BCUT2D eigenvalue weighted by atomic mass is 32.1. The fourth-order valence-electron chi connectivity index (χ4n) is 3.10. The third-order valence-corrected chi connectivity index (χ3v) is 5.56. The van der Waals surface area contributed by atoms with Gasteiger partial charge in [0.05, 0.1) is 10.4 Å². The standard InChI is InChI=1S/C23H20N4OS/c1-3-14-27-22(28)20(17-10-6-4-7-11-17)21(18-12-8-5-9-13-18)29-23(27)24-19-15-16(2)25-26-19/h3-13,15H,1,14H2,2H3,(H,25,26). The van der Waals surface area contributed by atoms with Gasteiger partial charge >= 0.3 is 0 Å². The highest BCUT2D eigenvalue weighted by Crippen LogP contribution is 2.31. The van der Waals surface area contributed by atoms with E-state index in [-0.39, 0.29) is 5.56 Å². The fourth-order valence-corrected chi connectivity index (χ4v) is 4.25. The predicted octanol–water partition coefficient (Wildman–Crippen LogP) is 4.69. The number of aromatic amines is 1. The van der Waals surface area contributed by atoms with Gasteiger partial charge in [0, 0.05) is 18.3 Å². The van der Waals surface area contributed by atoms with Crippen molar-refractivity contribution >= 4 is 17.2 Å². The number of nitrogens with zero attached hydrogens (tertiary/aromatic N) is 3. The Kier molecular flexibility index (Phi) is 5.35. The minimum absolute atomic E-state index is 0.0975. The van der Waals surface area contributed by atoms with E-state index in [0.29, 0.717) is 22.7 Å². The van der Waals surface area contributed by atoms with E-state index >= 15 is 0 Å². The number of allylic oxidation sites excluding steroid dienone is 1. The van der Waals surface area contributed by atoms with E-state index in [9.17, 15) is 4.79 Å². The molecule has 0 aliphatic rings. The van der Waals surface area contributed by atoms with Gasteiger partial charge in [-0.15, -0.1) is 6.58 Å². The molecule has 0 unspecified atom stereocenters. The van der Waals surface area contributed by atoms with E-state index in [1.807, 2.05) is 73.7 Å². The van der Waals surface area contributed by atoms with Gasteiger partial charge in [-0.2, -0.15) is 10.1 Å². The highest BCUT2D eigenvalue weighted by Gasteiger charge is 2.17. The SMILES string of the molecule is C=CCn1c(=Nc2cc(C)[nH]n2)sc(-c2ccccc2)c(-c2ccccc2)c1=O. The van der Waals surface area contributed by atoms with Gasteiger partial charge in [0.25, 0.3) is 5.56 Å². The molecule has 0 atom stereocenters. The molecule has 6 heteroatoms. The number of hydrogen-bond acceptors (Lipinski definition) is 4. The van der Waals surface area contributed by atoms with Crippen molar-refractivity contribution in [3.05, 3.63) is 100 Å². The molecule has 0 saturated carbocycles. The lowest BCUT2D eigenvalue weighted by Crippen LogP contribution is -2.32. The summed E-state index contributed by atoms with van der Waals surface area (Å²) >= 11 is 1.48. The van der Waals surface area contributed by atoms with Crippen LogP contribution in [0.1, 0.15) is 5.69 Å². The summed E-state index contributed by atoms with van der Waals surface area (Å²) in [7, 11) is 0. The van der Waals surface area contributed by atoms with E-state index in [2.05, 4.69) is 21.8 Å². The second kappa shape index (κ2) is 8.24. The monoisotopic (exact) mass is 400 g/mol. The predicted molar refractivity (Wildman–Crippen MR) is 118 cm³/mol. The maximum absolute atomic E-state index is 13.6. The number of benzene rings is 2. The molecular weight excluding hydrogens is 380 g/mol. The van der Waals surface area contributed by atoms with Crippen LogP contribution in [0.2, 0.25) is 0 Å². The van der Waals surface area contributed by atoms with Crippen LogP contribution in [0.3, 0.4) is 0 Å². The molecule has 4 aromatic rings. The van der Waals surface area contributed by atoms with Crippen LogP contribution >= 0.6 is 11.3 Å². The molecule has 0 radical (unpaired) electrons. The zero-order valence-corrected chi connectivity index (χ0v) is 16.8. The molecule has 2 heterocycles. The van der Waals surface area contributed by atoms with Crippen molar-refractivity contribution in [3.8, 4) is 21.6 Å². The Hall–Kier alpha value is -3.51. The fraction of sp³-hybridized carbons (Fsp3) is 0.0870. The summed E-state index contributed by atoms with van der Waals surface area (Å²) in [4.78, 5) is 19.7. The second-order valence-electron chi connectivity index (χ2n) is 6.55. The van der Waals surface area contributed by atoms with Gasteiger partial charge < -0.3 is 0 Å². The van der Waals surface area contributed by atoms with Crippen molar-refractivity contribution < 1.29 is 0 Å². The molecule has 0 spiro atoms. The van der Waals surface area contributed by atoms with Crippen molar-refractivity contribution in [2.24, 2.45) is 4.99 Å².